The minimum absolute atomic E-state index is 0.0699. The molecule has 0 radical (unpaired) electrons. The quantitative estimate of drug-likeness (QED) is 0.843. The highest BCUT2D eigenvalue weighted by Gasteiger charge is 2.01. The van der Waals surface area contributed by atoms with Crippen molar-refractivity contribution in [3.63, 3.8) is 0 Å². The fraction of sp³-hybridized carbons (Fsp3) is 0. The lowest BCUT2D eigenvalue weighted by Crippen LogP contribution is -1.94. The molecule has 1 heterocycles. The molecule has 0 amide bonds. The van der Waals surface area contributed by atoms with Gasteiger partial charge in [0.25, 0.3) is 0 Å². The van der Waals surface area contributed by atoms with Crippen LogP contribution in [0.15, 0.2) is 36.5 Å². The van der Waals surface area contributed by atoms with Gasteiger partial charge in [-0.3, -0.25) is 0 Å². The number of hydrogen-bond donors (Lipinski definition) is 2. The van der Waals surface area contributed by atoms with Crippen LogP contribution in [-0.4, -0.2) is 4.98 Å². The Morgan fingerprint density at radius 2 is 2.06 bits per heavy atom. The maximum atomic E-state index is 12.9. The second kappa shape index (κ2) is 4.37. The van der Waals surface area contributed by atoms with Crippen molar-refractivity contribution >= 4 is 28.8 Å². The fourth-order valence-electron chi connectivity index (χ4n) is 1.20. The van der Waals surface area contributed by atoms with Crippen LogP contribution in [0.4, 0.5) is 21.6 Å². The smallest absolute Gasteiger partial charge is 0.141 e. The number of nitrogens with zero attached hydrogens (tertiary/aromatic N) is 1. The van der Waals surface area contributed by atoms with Gasteiger partial charge in [0, 0.05) is 5.69 Å². The van der Waals surface area contributed by atoms with E-state index in [2.05, 4.69) is 10.3 Å². The third-order valence-corrected chi connectivity index (χ3v) is 2.27. The number of anilines is 3. The van der Waals surface area contributed by atoms with Crippen molar-refractivity contribution < 1.29 is 4.39 Å². The van der Waals surface area contributed by atoms with Crippen molar-refractivity contribution in [3.05, 3.63) is 47.4 Å². The first-order chi connectivity index (χ1) is 7.65. The molecule has 0 saturated heterocycles. The van der Waals surface area contributed by atoms with Crippen molar-refractivity contribution in [1.29, 1.82) is 0 Å². The third-order valence-electron chi connectivity index (χ3n) is 1.98. The molecule has 0 saturated carbocycles. The Morgan fingerprint density at radius 1 is 1.25 bits per heavy atom. The SMILES string of the molecule is Nc1ccc(Nc2ccc(F)c(Cl)c2)nc1. The molecule has 2 aromatic rings. The molecule has 0 aliphatic carbocycles. The standard InChI is InChI=1S/C11H9ClFN3/c12-9-5-8(2-3-10(9)13)16-11-4-1-7(14)6-15-11/h1-6H,14H2,(H,15,16). The zero-order valence-corrected chi connectivity index (χ0v) is 9.00. The highest BCUT2D eigenvalue weighted by Crippen LogP contribution is 2.21. The molecule has 0 atom stereocenters. The number of nitrogens with two attached hydrogens (primary N) is 1. The van der Waals surface area contributed by atoms with E-state index in [9.17, 15) is 4.39 Å². The van der Waals surface area contributed by atoms with Crippen LogP contribution >= 0.6 is 11.6 Å². The first kappa shape index (κ1) is 10.7. The molecule has 0 aliphatic heterocycles. The zero-order chi connectivity index (χ0) is 11.5. The van der Waals surface area contributed by atoms with Crippen molar-refractivity contribution in [1.82, 2.24) is 4.98 Å². The molecule has 0 aliphatic rings. The number of benzene rings is 1. The number of halogens is 2. The van der Waals surface area contributed by atoms with Gasteiger partial charge in [0.1, 0.15) is 11.6 Å². The molecule has 82 valence electrons. The summed E-state index contributed by atoms with van der Waals surface area (Å²) in [5.74, 6) is 0.175. The van der Waals surface area contributed by atoms with Gasteiger partial charge in [-0.2, -0.15) is 0 Å². The van der Waals surface area contributed by atoms with Crippen LogP contribution in [0.3, 0.4) is 0 Å². The molecule has 5 heteroatoms. The van der Waals surface area contributed by atoms with Crippen LogP contribution in [0.25, 0.3) is 0 Å². The Morgan fingerprint density at radius 3 is 2.69 bits per heavy atom. The number of hydrogen-bond acceptors (Lipinski definition) is 3. The summed E-state index contributed by atoms with van der Waals surface area (Å²) in [7, 11) is 0. The lowest BCUT2D eigenvalue weighted by atomic mass is 10.3. The molecular formula is C11H9ClFN3. The topological polar surface area (TPSA) is 50.9 Å². The van der Waals surface area contributed by atoms with E-state index in [1.54, 1.807) is 18.2 Å². The second-order valence-electron chi connectivity index (χ2n) is 3.23. The van der Waals surface area contributed by atoms with Gasteiger partial charge in [-0.05, 0) is 30.3 Å². The lowest BCUT2D eigenvalue weighted by molar-refractivity contribution is 0.628. The average molecular weight is 238 g/mol. The van der Waals surface area contributed by atoms with Gasteiger partial charge >= 0.3 is 0 Å². The van der Waals surface area contributed by atoms with Crippen molar-refractivity contribution in [2.45, 2.75) is 0 Å². The maximum absolute atomic E-state index is 12.9. The number of aromatic nitrogens is 1. The molecule has 2 rings (SSSR count). The summed E-state index contributed by atoms with van der Waals surface area (Å²) in [4.78, 5) is 4.05. The Balaban J connectivity index is 2.20. The van der Waals surface area contributed by atoms with Crippen LogP contribution in [0.5, 0.6) is 0 Å². The predicted molar refractivity (Wildman–Crippen MR) is 63.3 cm³/mol. The Bertz CT molecular complexity index is 499. The van der Waals surface area contributed by atoms with E-state index >= 15 is 0 Å². The van der Waals surface area contributed by atoms with E-state index in [1.807, 2.05) is 0 Å². The Hall–Kier alpha value is -1.81. The predicted octanol–water partition coefficient (Wildman–Crippen LogP) is 3.20. The van der Waals surface area contributed by atoms with Crippen LogP contribution in [0, 0.1) is 5.82 Å². The minimum Gasteiger partial charge on any atom is -0.397 e. The summed E-state index contributed by atoms with van der Waals surface area (Å²) in [6.45, 7) is 0. The van der Waals surface area contributed by atoms with E-state index in [0.717, 1.165) is 0 Å². The minimum atomic E-state index is -0.447. The highest BCUT2D eigenvalue weighted by atomic mass is 35.5. The van der Waals surface area contributed by atoms with Gasteiger partial charge in [-0.15, -0.1) is 0 Å². The molecule has 3 nitrogen and oxygen atoms in total. The molecule has 0 unspecified atom stereocenters. The van der Waals surface area contributed by atoms with E-state index in [1.165, 1.54) is 18.3 Å². The van der Waals surface area contributed by atoms with Crippen molar-refractivity contribution in [2.75, 3.05) is 11.1 Å². The summed E-state index contributed by atoms with van der Waals surface area (Å²) in [6.07, 6.45) is 1.54. The zero-order valence-electron chi connectivity index (χ0n) is 8.24. The normalized spacial score (nSPS) is 10.1. The van der Waals surface area contributed by atoms with Crippen LogP contribution in [-0.2, 0) is 0 Å². The fourth-order valence-corrected chi connectivity index (χ4v) is 1.38. The van der Waals surface area contributed by atoms with Crippen LogP contribution in [0.1, 0.15) is 0 Å². The number of nitrogen functional groups attached to an aromatic ring is 1. The molecule has 1 aromatic heterocycles. The van der Waals surface area contributed by atoms with Gasteiger partial charge in [-0.25, -0.2) is 9.37 Å². The molecule has 0 bridgehead atoms. The summed E-state index contributed by atoms with van der Waals surface area (Å²) in [5.41, 5.74) is 6.76. The van der Waals surface area contributed by atoms with E-state index in [-0.39, 0.29) is 5.02 Å². The molecule has 0 spiro atoms. The van der Waals surface area contributed by atoms with E-state index in [4.69, 9.17) is 17.3 Å². The molecule has 0 fully saturated rings. The largest absolute Gasteiger partial charge is 0.397 e. The average Bonchev–Trinajstić information content (AvgIpc) is 2.27. The highest BCUT2D eigenvalue weighted by molar-refractivity contribution is 6.31. The van der Waals surface area contributed by atoms with Gasteiger partial charge in [0.2, 0.25) is 0 Å². The van der Waals surface area contributed by atoms with Gasteiger partial charge in [0.05, 0.1) is 16.9 Å². The Kier molecular flexibility index (Phi) is 2.92. The first-order valence-electron chi connectivity index (χ1n) is 4.59. The number of rotatable bonds is 2. The van der Waals surface area contributed by atoms with Gasteiger partial charge in [-0.1, -0.05) is 11.6 Å². The van der Waals surface area contributed by atoms with E-state index in [0.29, 0.717) is 17.2 Å². The summed E-state index contributed by atoms with van der Waals surface area (Å²) in [5, 5.41) is 3.05. The molecular weight excluding hydrogens is 229 g/mol. The first-order valence-corrected chi connectivity index (χ1v) is 4.96. The molecule has 3 N–H and O–H groups in total. The summed E-state index contributed by atoms with van der Waals surface area (Å²) >= 11 is 5.65. The van der Waals surface area contributed by atoms with Crippen LogP contribution in [0.2, 0.25) is 5.02 Å². The third kappa shape index (κ3) is 2.41. The van der Waals surface area contributed by atoms with E-state index < -0.39 is 5.82 Å². The molecule has 1 aromatic carbocycles. The summed E-state index contributed by atoms with van der Waals surface area (Å²) < 4.78 is 12.9. The summed E-state index contributed by atoms with van der Waals surface area (Å²) in [6, 6.07) is 7.82. The van der Waals surface area contributed by atoms with Crippen molar-refractivity contribution in [2.24, 2.45) is 0 Å². The monoisotopic (exact) mass is 237 g/mol. The Labute approximate surface area is 97.1 Å². The van der Waals surface area contributed by atoms with Crippen LogP contribution < -0.4 is 11.1 Å². The maximum Gasteiger partial charge on any atom is 0.141 e. The number of pyridine rings is 1. The van der Waals surface area contributed by atoms with Gasteiger partial charge in [0.15, 0.2) is 0 Å². The second-order valence-corrected chi connectivity index (χ2v) is 3.64. The number of nitrogens with one attached hydrogen (secondary N) is 1. The van der Waals surface area contributed by atoms with Gasteiger partial charge < -0.3 is 11.1 Å². The van der Waals surface area contributed by atoms with Crippen molar-refractivity contribution in [3.8, 4) is 0 Å². The molecule has 16 heavy (non-hydrogen) atoms. The lowest BCUT2D eigenvalue weighted by Gasteiger charge is -2.06.